The third-order valence-electron chi connectivity index (χ3n) is 3.45. The topological polar surface area (TPSA) is 37.3 Å². The van der Waals surface area contributed by atoms with Crippen LogP contribution in [0.15, 0.2) is 4.47 Å². The zero-order valence-corrected chi connectivity index (χ0v) is 13.5. The van der Waals surface area contributed by atoms with Gasteiger partial charge in [-0.2, -0.15) is 0 Å². The van der Waals surface area contributed by atoms with Crippen molar-refractivity contribution >= 4 is 21.9 Å². The summed E-state index contributed by atoms with van der Waals surface area (Å²) in [6.07, 6.45) is -0.619. The Bertz CT molecular complexity index is 498. The molecule has 0 radical (unpaired) electrons. The average Bonchev–Trinajstić information content (AvgIpc) is 2.47. The lowest BCUT2D eigenvalue weighted by Gasteiger charge is -2.21. The molecular formula is C15H17BrF4O2. The Kier molecular flexibility index (Phi) is 7.85. The molecule has 22 heavy (non-hydrogen) atoms. The summed E-state index contributed by atoms with van der Waals surface area (Å²) in [5.74, 6) is -1.33. The monoisotopic (exact) mass is 384 g/mol. The van der Waals surface area contributed by atoms with Gasteiger partial charge in [0.25, 0.3) is 0 Å². The van der Waals surface area contributed by atoms with Crippen molar-refractivity contribution < 1.29 is 27.5 Å². The van der Waals surface area contributed by atoms with Crippen LogP contribution in [0.25, 0.3) is 0 Å². The largest absolute Gasteiger partial charge is 0.478 e. The Morgan fingerprint density at radius 1 is 0.773 bits per heavy atom. The highest BCUT2D eigenvalue weighted by Gasteiger charge is 2.25. The number of benzene rings is 1. The van der Waals surface area contributed by atoms with Gasteiger partial charge in [0.15, 0.2) is 0 Å². The van der Waals surface area contributed by atoms with Gasteiger partial charge in [-0.3, -0.25) is 17.6 Å². The third-order valence-corrected chi connectivity index (χ3v) is 4.41. The minimum absolute atomic E-state index is 0.106. The van der Waals surface area contributed by atoms with Gasteiger partial charge in [0, 0.05) is 30.2 Å². The van der Waals surface area contributed by atoms with Crippen LogP contribution in [0.3, 0.4) is 0 Å². The van der Waals surface area contributed by atoms with E-state index in [1.165, 1.54) is 0 Å². The molecule has 2 nitrogen and oxygen atoms in total. The van der Waals surface area contributed by atoms with Crippen LogP contribution < -0.4 is 0 Å². The van der Waals surface area contributed by atoms with Crippen molar-refractivity contribution in [1.82, 2.24) is 0 Å². The molecule has 0 saturated heterocycles. The molecule has 0 aromatic heterocycles. The number of carboxylic acids is 1. The predicted octanol–water partition coefficient (Wildman–Crippen LogP) is 4.20. The highest BCUT2D eigenvalue weighted by molar-refractivity contribution is 9.10. The fourth-order valence-corrected chi connectivity index (χ4v) is 3.52. The van der Waals surface area contributed by atoms with Crippen LogP contribution in [-0.4, -0.2) is 37.8 Å². The van der Waals surface area contributed by atoms with E-state index in [1.54, 1.807) is 0 Å². The lowest BCUT2D eigenvalue weighted by molar-refractivity contribution is 0.0694. The summed E-state index contributed by atoms with van der Waals surface area (Å²) in [6.45, 7) is -3.14. The number of alkyl halides is 4. The van der Waals surface area contributed by atoms with Crippen LogP contribution in [0.5, 0.6) is 0 Å². The molecule has 1 aromatic carbocycles. The van der Waals surface area contributed by atoms with Gasteiger partial charge in [-0.05, 0) is 22.3 Å². The average molecular weight is 385 g/mol. The summed E-state index contributed by atoms with van der Waals surface area (Å²) in [7, 11) is 0. The molecule has 1 aromatic rings. The summed E-state index contributed by atoms with van der Waals surface area (Å²) in [6, 6.07) is 0. The molecule has 0 saturated carbocycles. The molecule has 124 valence electrons. The molecule has 0 aliphatic rings. The smallest absolute Gasteiger partial charge is 0.336 e. The van der Waals surface area contributed by atoms with Crippen LogP contribution in [0, 0.1) is 0 Å². The maximum Gasteiger partial charge on any atom is 0.336 e. The van der Waals surface area contributed by atoms with Gasteiger partial charge in [0.1, 0.15) is 0 Å². The molecule has 0 amide bonds. The third kappa shape index (κ3) is 4.00. The molecular weight excluding hydrogens is 368 g/mol. The van der Waals surface area contributed by atoms with E-state index >= 15 is 0 Å². The van der Waals surface area contributed by atoms with Crippen LogP contribution in [0.1, 0.15) is 32.6 Å². The van der Waals surface area contributed by atoms with Gasteiger partial charge in [-0.1, -0.05) is 15.9 Å². The summed E-state index contributed by atoms with van der Waals surface area (Å²) in [5.41, 5.74) is 0.744. The standard InChI is InChI=1S/C15H17BrF4O2/c16-14-11(3-7-19)9(1-5-17)13(15(21)22)10(2-6-18)12(14)4-8-20/h1-8H2,(H,21,22). The minimum Gasteiger partial charge on any atom is -0.478 e. The first kappa shape index (κ1) is 18.9. The molecule has 0 unspecified atom stereocenters. The maximum absolute atomic E-state index is 12.8. The maximum atomic E-state index is 12.8. The van der Waals surface area contributed by atoms with E-state index in [1.807, 2.05) is 0 Å². The quantitative estimate of drug-likeness (QED) is 0.648. The number of carbonyl (C=O) groups is 1. The molecule has 7 heteroatoms. The van der Waals surface area contributed by atoms with Gasteiger partial charge >= 0.3 is 5.97 Å². The van der Waals surface area contributed by atoms with Crippen molar-refractivity contribution in [1.29, 1.82) is 0 Å². The fraction of sp³-hybridized carbons (Fsp3) is 0.533. The van der Waals surface area contributed by atoms with E-state index in [4.69, 9.17) is 0 Å². The summed E-state index contributed by atoms with van der Waals surface area (Å²) >= 11 is 3.24. The zero-order valence-electron chi connectivity index (χ0n) is 11.9. The molecule has 1 rings (SSSR count). The molecule has 0 atom stereocenters. The van der Waals surface area contributed by atoms with Gasteiger partial charge in [0.05, 0.1) is 32.3 Å². The lowest BCUT2D eigenvalue weighted by atomic mass is 9.86. The van der Waals surface area contributed by atoms with E-state index in [0.29, 0.717) is 15.6 Å². The molecule has 0 heterocycles. The van der Waals surface area contributed by atoms with Crippen molar-refractivity contribution in [2.45, 2.75) is 25.7 Å². The first-order valence-electron chi connectivity index (χ1n) is 6.85. The van der Waals surface area contributed by atoms with Crippen molar-refractivity contribution in [3.05, 3.63) is 32.3 Å². The van der Waals surface area contributed by atoms with Gasteiger partial charge in [-0.15, -0.1) is 0 Å². The summed E-state index contributed by atoms with van der Waals surface area (Å²) in [4.78, 5) is 11.6. The molecule has 0 bridgehead atoms. The Balaban J connectivity index is 3.74. The fourth-order valence-electron chi connectivity index (χ4n) is 2.64. The zero-order chi connectivity index (χ0) is 16.7. The highest BCUT2D eigenvalue weighted by atomic mass is 79.9. The Morgan fingerprint density at radius 3 is 1.36 bits per heavy atom. The minimum atomic E-state index is -1.33. The van der Waals surface area contributed by atoms with Crippen molar-refractivity contribution in [2.75, 3.05) is 26.7 Å². The summed E-state index contributed by atoms with van der Waals surface area (Å²) in [5, 5.41) is 9.43. The second-order valence-corrected chi connectivity index (χ2v) is 5.46. The number of carboxylic acid groups (broad SMARTS) is 1. The van der Waals surface area contributed by atoms with E-state index in [0.717, 1.165) is 0 Å². The van der Waals surface area contributed by atoms with Crippen LogP contribution in [0.2, 0.25) is 0 Å². The first-order chi connectivity index (χ1) is 10.5. The Hall–Kier alpha value is -1.11. The molecule has 0 spiro atoms. The predicted molar refractivity (Wildman–Crippen MR) is 79.8 cm³/mol. The van der Waals surface area contributed by atoms with E-state index in [-0.39, 0.29) is 42.4 Å². The van der Waals surface area contributed by atoms with Crippen LogP contribution in [0.4, 0.5) is 17.6 Å². The second-order valence-electron chi connectivity index (χ2n) is 4.66. The van der Waals surface area contributed by atoms with Crippen LogP contribution in [-0.2, 0) is 25.7 Å². The van der Waals surface area contributed by atoms with Crippen molar-refractivity contribution in [3.63, 3.8) is 0 Å². The van der Waals surface area contributed by atoms with E-state index in [9.17, 15) is 27.5 Å². The van der Waals surface area contributed by atoms with Gasteiger partial charge in [0.2, 0.25) is 0 Å². The van der Waals surface area contributed by atoms with E-state index in [2.05, 4.69) is 15.9 Å². The molecule has 0 fully saturated rings. The summed E-state index contributed by atoms with van der Waals surface area (Å²) < 4.78 is 51.5. The number of hydrogen-bond donors (Lipinski definition) is 1. The normalized spacial score (nSPS) is 11.0. The lowest BCUT2D eigenvalue weighted by Crippen LogP contribution is -2.16. The highest BCUT2D eigenvalue weighted by Crippen LogP contribution is 2.34. The Labute approximate surface area is 134 Å². The molecule has 0 aliphatic carbocycles. The van der Waals surface area contributed by atoms with Gasteiger partial charge in [-0.25, -0.2) is 4.79 Å². The van der Waals surface area contributed by atoms with Gasteiger partial charge < -0.3 is 5.11 Å². The van der Waals surface area contributed by atoms with Crippen molar-refractivity contribution in [3.8, 4) is 0 Å². The first-order valence-corrected chi connectivity index (χ1v) is 7.64. The number of rotatable bonds is 9. The van der Waals surface area contributed by atoms with E-state index < -0.39 is 32.7 Å². The SMILES string of the molecule is O=C(O)c1c(CCF)c(CCF)c(Br)c(CCF)c1CCF. The number of halogens is 5. The Morgan fingerprint density at radius 2 is 1.09 bits per heavy atom. The van der Waals surface area contributed by atoms with Crippen LogP contribution >= 0.6 is 15.9 Å². The number of hydrogen-bond acceptors (Lipinski definition) is 1. The molecule has 0 aliphatic heterocycles. The van der Waals surface area contributed by atoms with Crippen molar-refractivity contribution in [2.24, 2.45) is 0 Å². The second kappa shape index (κ2) is 9.12. The molecule has 1 N–H and O–H groups in total. The number of aromatic carboxylic acids is 1.